The molecule has 2 aromatic carbocycles. The molecular formula is C17H18N2. The van der Waals surface area contributed by atoms with Crippen molar-refractivity contribution in [3.8, 4) is 6.07 Å². The van der Waals surface area contributed by atoms with Gasteiger partial charge in [0.05, 0.1) is 6.07 Å². The predicted octanol–water partition coefficient (Wildman–Crippen LogP) is 3.66. The van der Waals surface area contributed by atoms with Crippen LogP contribution in [0.5, 0.6) is 0 Å². The molecule has 0 fully saturated rings. The molecule has 0 aromatic heterocycles. The summed E-state index contributed by atoms with van der Waals surface area (Å²) in [7, 11) is 0. The Morgan fingerprint density at radius 1 is 1.05 bits per heavy atom. The number of nitrogens with zero attached hydrogens (tertiary/aromatic N) is 1. The average molecular weight is 250 g/mol. The van der Waals surface area contributed by atoms with Crippen molar-refractivity contribution in [2.45, 2.75) is 26.4 Å². The number of aryl methyl sites for hydroxylation is 2. The van der Waals surface area contributed by atoms with E-state index in [4.69, 9.17) is 0 Å². The molecule has 2 heteroatoms. The molecule has 0 radical (unpaired) electrons. The second kappa shape index (κ2) is 6.17. The van der Waals surface area contributed by atoms with Gasteiger partial charge in [0.1, 0.15) is 6.04 Å². The molecule has 0 saturated carbocycles. The quantitative estimate of drug-likeness (QED) is 0.899. The Kier molecular flexibility index (Phi) is 4.33. The van der Waals surface area contributed by atoms with Crippen LogP contribution in [0.2, 0.25) is 0 Å². The lowest BCUT2D eigenvalue weighted by molar-refractivity contribution is 0.630. The zero-order chi connectivity index (χ0) is 13.7. The summed E-state index contributed by atoms with van der Waals surface area (Å²) in [6, 6.07) is 18.5. The molecular weight excluding hydrogens is 232 g/mol. The first-order valence-electron chi connectivity index (χ1n) is 6.44. The minimum Gasteiger partial charge on any atom is -0.294 e. The molecule has 2 nitrogen and oxygen atoms in total. The summed E-state index contributed by atoms with van der Waals surface area (Å²) in [6.07, 6.45) is 0. The van der Waals surface area contributed by atoms with E-state index in [9.17, 15) is 5.26 Å². The van der Waals surface area contributed by atoms with Gasteiger partial charge in [-0.05, 0) is 25.0 Å². The summed E-state index contributed by atoms with van der Waals surface area (Å²) >= 11 is 0. The van der Waals surface area contributed by atoms with Gasteiger partial charge >= 0.3 is 0 Å². The molecule has 0 aliphatic heterocycles. The molecule has 0 saturated heterocycles. The van der Waals surface area contributed by atoms with Crippen LogP contribution in [0.1, 0.15) is 28.3 Å². The van der Waals surface area contributed by atoms with Crippen LogP contribution < -0.4 is 5.32 Å². The van der Waals surface area contributed by atoms with Gasteiger partial charge in [-0.15, -0.1) is 0 Å². The van der Waals surface area contributed by atoms with Crippen LogP contribution in [-0.2, 0) is 6.54 Å². The molecule has 0 amide bonds. The van der Waals surface area contributed by atoms with Crippen LogP contribution in [0.3, 0.4) is 0 Å². The molecule has 0 heterocycles. The van der Waals surface area contributed by atoms with Gasteiger partial charge in [-0.25, -0.2) is 0 Å². The smallest absolute Gasteiger partial charge is 0.121 e. The normalized spacial score (nSPS) is 11.8. The first-order valence-corrected chi connectivity index (χ1v) is 6.44. The number of benzene rings is 2. The lowest BCUT2D eigenvalue weighted by Crippen LogP contribution is -2.19. The third-order valence-corrected chi connectivity index (χ3v) is 3.10. The van der Waals surface area contributed by atoms with Gasteiger partial charge in [0.15, 0.2) is 0 Å². The zero-order valence-corrected chi connectivity index (χ0v) is 11.4. The molecule has 0 bridgehead atoms. The molecule has 0 aliphatic rings. The Labute approximate surface area is 114 Å². The van der Waals surface area contributed by atoms with E-state index in [1.54, 1.807) is 0 Å². The highest BCUT2D eigenvalue weighted by molar-refractivity contribution is 5.29. The topological polar surface area (TPSA) is 35.8 Å². The fraction of sp³-hybridized carbons (Fsp3) is 0.235. The van der Waals surface area contributed by atoms with E-state index in [2.05, 4.69) is 42.6 Å². The SMILES string of the molecule is Cc1cccc(CNC(C#N)c2cccc(C)c2)c1. The van der Waals surface area contributed by atoms with Gasteiger partial charge in [-0.2, -0.15) is 5.26 Å². The highest BCUT2D eigenvalue weighted by Crippen LogP contribution is 2.14. The van der Waals surface area contributed by atoms with Gasteiger partial charge < -0.3 is 0 Å². The van der Waals surface area contributed by atoms with E-state index in [0.29, 0.717) is 6.54 Å². The molecule has 0 aliphatic carbocycles. The van der Waals surface area contributed by atoms with Crippen LogP contribution >= 0.6 is 0 Å². The third-order valence-electron chi connectivity index (χ3n) is 3.10. The van der Waals surface area contributed by atoms with Crippen LogP contribution in [0.15, 0.2) is 48.5 Å². The number of rotatable bonds is 4. The van der Waals surface area contributed by atoms with Crippen LogP contribution in [0, 0.1) is 25.2 Å². The van der Waals surface area contributed by atoms with Crippen molar-refractivity contribution >= 4 is 0 Å². The lowest BCUT2D eigenvalue weighted by atomic mass is 10.0. The Morgan fingerprint density at radius 3 is 2.37 bits per heavy atom. The maximum Gasteiger partial charge on any atom is 0.121 e. The van der Waals surface area contributed by atoms with Crippen molar-refractivity contribution in [3.63, 3.8) is 0 Å². The van der Waals surface area contributed by atoms with Gasteiger partial charge in [-0.3, -0.25) is 5.32 Å². The van der Waals surface area contributed by atoms with Crippen LogP contribution in [0.25, 0.3) is 0 Å². The maximum absolute atomic E-state index is 9.29. The molecule has 1 atom stereocenters. The second-order valence-corrected chi connectivity index (χ2v) is 4.85. The number of nitriles is 1. The first kappa shape index (κ1) is 13.3. The average Bonchev–Trinajstić information content (AvgIpc) is 2.40. The molecule has 96 valence electrons. The van der Waals surface area contributed by atoms with E-state index >= 15 is 0 Å². The van der Waals surface area contributed by atoms with Crippen molar-refractivity contribution < 1.29 is 0 Å². The number of hydrogen-bond donors (Lipinski definition) is 1. The fourth-order valence-corrected chi connectivity index (χ4v) is 2.13. The van der Waals surface area contributed by atoms with Gasteiger partial charge in [0.25, 0.3) is 0 Å². The van der Waals surface area contributed by atoms with E-state index < -0.39 is 0 Å². The second-order valence-electron chi connectivity index (χ2n) is 4.85. The summed E-state index contributed by atoms with van der Waals surface area (Å²) < 4.78 is 0. The standard InChI is InChI=1S/C17H18N2/c1-13-5-3-7-15(9-13)12-19-17(11-18)16-8-4-6-14(2)10-16/h3-10,17,19H,12H2,1-2H3. The molecule has 1 N–H and O–H groups in total. The molecule has 2 rings (SSSR count). The largest absolute Gasteiger partial charge is 0.294 e. The predicted molar refractivity (Wildman–Crippen MR) is 77.6 cm³/mol. The van der Waals surface area contributed by atoms with E-state index in [1.807, 2.05) is 31.2 Å². The Balaban J connectivity index is 2.06. The van der Waals surface area contributed by atoms with E-state index in [1.165, 1.54) is 16.7 Å². The maximum atomic E-state index is 9.29. The summed E-state index contributed by atoms with van der Waals surface area (Å²) in [6.45, 7) is 4.82. The van der Waals surface area contributed by atoms with Crippen molar-refractivity contribution in [2.24, 2.45) is 0 Å². The van der Waals surface area contributed by atoms with Gasteiger partial charge in [-0.1, -0.05) is 59.7 Å². The van der Waals surface area contributed by atoms with Crippen LogP contribution in [0.4, 0.5) is 0 Å². The van der Waals surface area contributed by atoms with Gasteiger partial charge in [0.2, 0.25) is 0 Å². The third kappa shape index (κ3) is 3.67. The minimum absolute atomic E-state index is 0.264. The first-order chi connectivity index (χ1) is 9.19. The van der Waals surface area contributed by atoms with Crippen molar-refractivity contribution in [3.05, 3.63) is 70.8 Å². The Bertz CT molecular complexity index is 596. The summed E-state index contributed by atoms with van der Waals surface area (Å²) in [5.74, 6) is 0. The highest BCUT2D eigenvalue weighted by Gasteiger charge is 2.09. The number of hydrogen-bond acceptors (Lipinski definition) is 2. The summed E-state index contributed by atoms with van der Waals surface area (Å²) in [5.41, 5.74) is 4.64. The Morgan fingerprint density at radius 2 is 1.74 bits per heavy atom. The van der Waals surface area contributed by atoms with Crippen LogP contribution in [-0.4, -0.2) is 0 Å². The monoisotopic (exact) mass is 250 g/mol. The molecule has 0 spiro atoms. The number of nitrogens with one attached hydrogen (secondary N) is 1. The van der Waals surface area contributed by atoms with Crippen molar-refractivity contribution in [2.75, 3.05) is 0 Å². The molecule has 2 aromatic rings. The van der Waals surface area contributed by atoms with E-state index in [-0.39, 0.29) is 6.04 Å². The zero-order valence-electron chi connectivity index (χ0n) is 11.4. The van der Waals surface area contributed by atoms with E-state index in [0.717, 1.165) is 5.56 Å². The highest BCUT2D eigenvalue weighted by atomic mass is 14.9. The summed E-state index contributed by atoms with van der Waals surface area (Å²) in [4.78, 5) is 0. The Hall–Kier alpha value is -2.11. The van der Waals surface area contributed by atoms with Crippen molar-refractivity contribution in [1.82, 2.24) is 5.32 Å². The molecule has 19 heavy (non-hydrogen) atoms. The fourth-order valence-electron chi connectivity index (χ4n) is 2.13. The minimum atomic E-state index is -0.264. The summed E-state index contributed by atoms with van der Waals surface area (Å²) in [5, 5.41) is 12.6. The lowest BCUT2D eigenvalue weighted by Gasteiger charge is -2.12. The molecule has 1 unspecified atom stereocenters. The van der Waals surface area contributed by atoms with Gasteiger partial charge in [0, 0.05) is 6.54 Å². The van der Waals surface area contributed by atoms with Crippen molar-refractivity contribution in [1.29, 1.82) is 5.26 Å².